The van der Waals surface area contributed by atoms with Crippen molar-refractivity contribution in [3.05, 3.63) is 9.89 Å². The van der Waals surface area contributed by atoms with Gasteiger partial charge in [-0.15, -0.1) is 11.8 Å². The van der Waals surface area contributed by atoms with Crippen molar-refractivity contribution in [2.75, 3.05) is 6.26 Å². The average Bonchev–Trinajstić information content (AvgIpc) is 2.06. The summed E-state index contributed by atoms with van der Waals surface area (Å²) < 4.78 is 1.31. The minimum atomic E-state index is 0.852. The van der Waals surface area contributed by atoms with Crippen molar-refractivity contribution in [1.82, 2.24) is 0 Å². The topological polar surface area (TPSA) is 0 Å². The van der Waals surface area contributed by atoms with Gasteiger partial charge in [0.1, 0.15) is 0 Å². The van der Waals surface area contributed by atoms with Crippen molar-refractivity contribution in [2.45, 2.75) is 32.1 Å². The van der Waals surface area contributed by atoms with Crippen LogP contribution in [0, 0.1) is 5.92 Å². The molecule has 0 saturated heterocycles. The lowest BCUT2D eigenvalue weighted by molar-refractivity contribution is 0.419. The van der Waals surface area contributed by atoms with Gasteiger partial charge in [0.15, 0.2) is 0 Å². The van der Waals surface area contributed by atoms with Gasteiger partial charge in [-0.3, -0.25) is 0 Å². The zero-order valence-electron chi connectivity index (χ0n) is 6.98. The highest BCUT2D eigenvalue weighted by molar-refractivity contribution is 9.14. The van der Waals surface area contributed by atoms with Crippen LogP contribution in [0.5, 0.6) is 0 Å². The minimum Gasteiger partial charge on any atom is -0.122 e. The van der Waals surface area contributed by atoms with Gasteiger partial charge in [-0.05, 0) is 40.9 Å². The van der Waals surface area contributed by atoms with E-state index in [0.717, 1.165) is 5.92 Å². The Morgan fingerprint density at radius 2 is 2.00 bits per heavy atom. The molecule has 0 N–H and O–H groups in total. The van der Waals surface area contributed by atoms with Gasteiger partial charge in [0.05, 0.1) is 0 Å². The largest absolute Gasteiger partial charge is 0.122 e. The quantitative estimate of drug-likeness (QED) is 0.692. The van der Waals surface area contributed by atoms with E-state index in [9.17, 15) is 0 Å². The molecule has 0 unspecified atom stereocenters. The summed E-state index contributed by atoms with van der Waals surface area (Å²) in [4.78, 5) is 0. The average molecular weight is 235 g/mol. The van der Waals surface area contributed by atoms with Crippen LogP contribution >= 0.6 is 27.7 Å². The van der Waals surface area contributed by atoms with Crippen molar-refractivity contribution in [2.24, 2.45) is 5.92 Å². The summed E-state index contributed by atoms with van der Waals surface area (Å²) in [6.07, 6.45) is 11.6. The third kappa shape index (κ3) is 3.66. The Balaban J connectivity index is 2.34. The van der Waals surface area contributed by atoms with Gasteiger partial charge >= 0.3 is 0 Å². The summed E-state index contributed by atoms with van der Waals surface area (Å²) in [6, 6.07) is 0. The third-order valence-corrected chi connectivity index (χ3v) is 3.97. The van der Waals surface area contributed by atoms with E-state index in [1.165, 1.54) is 35.9 Å². The van der Waals surface area contributed by atoms with Gasteiger partial charge < -0.3 is 0 Å². The third-order valence-electron chi connectivity index (χ3n) is 2.21. The molecule has 0 nitrogen and oxygen atoms in total. The van der Waals surface area contributed by atoms with Gasteiger partial charge in [-0.2, -0.15) is 0 Å². The van der Waals surface area contributed by atoms with E-state index in [-0.39, 0.29) is 0 Å². The predicted octanol–water partition coefficient (Wildman–Crippen LogP) is 4.17. The Hall–Kier alpha value is 0.570. The Bertz CT molecular complexity index is 136. The van der Waals surface area contributed by atoms with Crippen LogP contribution < -0.4 is 0 Å². The first-order valence-electron chi connectivity index (χ1n) is 4.24. The second kappa shape index (κ2) is 5.26. The lowest BCUT2D eigenvalue weighted by atomic mass is 9.90. The van der Waals surface area contributed by atoms with Crippen molar-refractivity contribution < 1.29 is 0 Å². The molecule has 11 heavy (non-hydrogen) atoms. The Kier molecular flexibility index (Phi) is 4.61. The molecule has 1 fully saturated rings. The van der Waals surface area contributed by atoms with Gasteiger partial charge in [-0.1, -0.05) is 25.3 Å². The molecule has 1 saturated carbocycles. The molecule has 0 atom stereocenters. The maximum atomic E-state index is 3.54. The number of allylic oxidation sites excluding steroid dienone is 1. The fourth-order valence-corrected chi connectivity index (χ4v) is 2.26. The molecule has 1 aliphatic carbocycles. The zero-order valence-corrected chi connectivity index (χ0v) is 9.38. The predicted molar refractivity (Wildman–Crippen MR) is 57.1 cm³/mol. The van der Waals surface area contributed by atoms with Crippen LogP contribution in [0.4, 0.5) is 0 Å². The summed E-state index contributed by atoms with van der Waals surface area (Å²) in [6.45, 7) is 0. The molecule has 0 bridgehead atoms. The summed E-state index contributed by atoms with van der Waals surface area (Å²) >= 11 is 5.33. The number of rotatable bonds is 2. The standard InChI is InChI=1S/C9H15BrS/c1-11-9(10)7-8-5-3-2-4-6-8/h7-8H,2-6H2,1H3/b9-7-. The first kappa shape index (κ1) is 9.66. The highest BCUT2D eigenvalue weighted by Crippen LogP contribution is 2.29. The molecule has 0 aromatic carbocycles. The van der Waals surface area contributed by atoms with Crippen LogP contribution in [0.2, 0.25) is 0 Å². The van der Waals surface area contributed by atoms with Gasteiger partial charge in [-0.25, -0.2) is 0 Å². The molecule has 0 aromatic rings. The highest BCUT2D eigenvalue weighted by Gasteiger charge is 2.10. The van der Waals surface area contributed by atoms with E-state index in [1.54, 1.807) is 11.8 Å². The molecule has 0 aromatic heterocycles. The van der Waals surface area contributed by atoms with E-state index in [2.05, 4.69) is 28.3 Å². The molecule has 0 aliphatic heterocycles. The monoisotopic (exact) mass is 234 g/mol. The van der Waals surface area contributed by atoms with Crippen LogP contribution in [0.25, 0.3) is 0 Å². The fourth-order valence-electron chi connectivity index (χ4n) is 1.55. The van der Waals surface area contributed by atoms with E-state index >= 15 is 0 Å². The number of hydrogen-bond acceptors (Lipinski definition) is 1. The van der Waals surface area contributed by atoms with Crippen LogP contribution in [0.15, 0.2) is 9.89 Å². The summed E-state index contributed by atoms with van der Waals surface area (Å²) in [5.41, 5.74) is 0. The highest BCUT2D eigenvalue weighted by atomic mass is 79.9. The summed E-state index contributed by atoms with van der Waals surface area (Å²) in [5.74, 6) is 0.852. The van der Waals surface area contributed by atoms with Gasteiger partial charge in [0, 0.05) is 3.81 Å². The van der Waals surface area contributed by atoms with Crippen LogP contribution in [0.1, 0.15) is 32.1 Å². The van der Waals surface area contributed by atoms with E-state index < -0.39 is 0 Å². The van der Waals surface area contributed by atoms with Crippen LogP contribution in [0.3, 0.4) is 0 Å². The molecule has 0 spiro atoms. The van der Waals surface area contributed by atoms with Crippen molar-refractivity contribution in [1.29, 1.82) is 0 Å². The lowest BCUT2D eigenvalue weighted by Gasteiger charge is -2.18. The summed E-state index contributed by atoms with van der Waals surface area (Å²) in [5, 5.41) is 0. The lowest BCUT2D eigenvalue weighted by Crippen LogP contribution is -2.02. The number of hydrogen-bond donors (Lipinski definition) is 0. The van der Waals surface area contributed by atoms with E-state index in [1.807, 2.05) is 0 Å². The molecule has 1 aliphatic rings. The molecule has 64 valence electrons. The van der Waals surface area contributed by atoms with Gasteiger partial charge in [0.25, 0.3) is 0 Å². The van der Waals surface area contributed by atoms with Crippen molar-refractivity contribution >= 4 is 27.7 Å². The maximum absolute atomic E-state index is 3.54. The van der Waals surface area contributed by atoms with E-state index in [4.69, 9.17) is 0 Å². The van der Waals surface area contributed by atoms with Gasteiger partial charge in [0.2, 0.25) is 0 Å². The van der Waals surface area contributed by atoms with Crippen molar-refractivity contribution in [3.63, 3.8) is 0 Å². The number of thioether (sulfide) groups is 1. The Morgan fingerprint density at radius 3 is 2.55 bits per heavy atom. The molecule has 0 radical (unpaired) electrons. The molecular weight excluding hydrogens is 220 g/mol. The van der Waals surface area contributed by atoms with Crippen LogP contribution in [-0.4, -0.2) is 6.26 Å². The van der Waals surface area contributed by atoms with E-state index in [0.29, 0.717) is 0 Å². The first-order chi connectivity index (χ1) is 5.33. The molecule has 0 amide bonds. The Labute approximate surface area is 82.0 Å². The second-order valence-electron chi connectivity index (χ2n) is 3.07. The smallest absolute Gasteiger partial charge is 0.0462 e. The first-order valence-corrected chi connectivity index (χ1v) is 6.26. The van der Waals surface area contributed by atoms with Crippen LogP contribution in [-0.2, 0) is 0 Å². The molecule has 1 rings (SSSR count). The maximum Gasteiger partial charge on any atom is 0.0462 e. The fraction of sp³-hybridized carbons (Fsp3) is 0.778. The minimum absolute atomic E-state index is 0.852. The molecular formula is C9H15BrS. The normalized spacial score (nSPS) is 22.2. The molecule has 0 heterocycles. The second-order valence-corrected chi connectivity index (χ2v) is 5.30. The zero-order chi connectivity index (χ0) is 8.10. The number of halogens is 1. The SMILES string of the molecule is CS/C(Br)=C\C1CCCCC1. The summed E-state index contributed by atoms with van der Waals surface area (Å²) in [7, 11) is 0. The van der Waals surface area contributed by atoms with Crippen molar-refractivity contribution in [3.8, 4) is 0 Å². The Morgan fingerprint density at radius 1 is 1.36 bits per heavy atom. The molecule has 2 heteroatoms.